The van der Waals surface area contributed by atoms with Crippen molar-refractivity contribution in [2.75, 3.05) is 23.8 Å². The van der Waals surface area contributed by atoms with Gasteiger partial charge in [-0.15, -0.1) is 0 Å². The average Bonchev–Trinajstić information content (AvgIpc) is 2.60. The minimum atomic E-state index is -0.362. The molecule has 0 saturated heterocycles. The number of anilines is 2. The molecule has 2 N–H and O–H groups in total. The highest BCUT2D eigenvalue weighted by atomic mass is 35.5. The number of nitrogens with one attached hydrogen (secondary N) is 2. The molecule has 0 aromatic heterocycles. The highest BCUT2D eigenvalue weighted by Crippen LogP contribution is 2.14. The number of carbonyl (C=O) groups excluding carboxylic acids is 2. The lowest BCUT2D eigenvalue weighted by Gasteiger charge is -2.08. The Kier molecular flexibility index (Phi) is 6.63. The molecule has 0 aliphatic heterocycles. The lowest BCUT2D eigenvalue weighted by atomic mass is 10.2. The Bertz CT molecular complexity index is 684. The van der Waals surface area contributed by atoms with Gasteiger partial charge in [0.15, 0.2) is 0 Å². The van der Waals surface area contributed by atoms with Crippen molar-refractivity contribution in [3.05, 3.63) is 59.1 Å². The first-order valence-electron chi connectivity index (χ1n) is 7.65. The summed E-state index contributed by atoms with van der Waals surface area (Å²) in [5.41, 5.74) is 1.88. The molecule has 2 rings (SSSR count). The lowest BCUT2D eigenvalue weighted by Crippen LogP contribution is -2.21. The van der Waals surface area contributed by atoms with Gasteiger partial charge in [0.2, 0.25) is 5.91 Å². The summed E-state index contributed by atoms with van der Waals surface area (Å²) in [6.07, 6.45) is 0.778. The average molecular weight is 347 g/mol. The topological polar surface area (TPSA) is 67.4 Å². The first kappa shape index (κ1) is 17.8. The van der Waals surface area contributed by atoms with Gasteiger partial charge in [-0.25, -0.2) is 4.79 Å². The Morgan fingerprint density at radius 3 is 2.25 bits per heavy atom. The number of esters is 1. The van der Waals surface area contributed by atoms with Crippen LogP contribution < -0.4 is 10.6 Å². The van der Waals surface area contributed by atoms with Crippen LogP contribution >= 0.6 is 11.6 Å². The van der Waals surface area contributed by atoms with Crippen molar-refractivity contribution in [3.63, 3.8) is 0 Å². The summed E-state index contributed by atoms with van der Waals surface area (Å²) >= 11 is 5.80. The summed E-state index contributed by atoms with van der Waals surface area (Å²) in [6.45, 7) is 2.46. The van der Waals surface area contributed by atoms with E-state index < -0.39 is 0 Å². The third-order valence-corrected chi connectivity index (χ3v) is 3.39. The molecule has 0 atom stereocenters. The maximum atomic E-state index is 11.9. The number of hydrogen-bond acceptors (Lipinski definition) is 4. The third-order valence-electron chi connectivity index (χ3n) is 3.14. The van der Waals surface area contributed by atoms with E-state index in [1.165, 1.54) is 0 Å². The van der Waals surface area contributed by atoms with Crippen molar-refractivity contribution >= 4 is 34.9 Å². The summed E-state index contributed by atoms with van der Waals surface area (Å²) in [5.74, 6) is -0.551. The Morgan fingerprint density at radius 2 is 1.62 bits per heavy atom. The molecule has 6 heteroatoms. The van der Waals surface area contributed by atoms with Gasteiger partial charge in [-0.1, -0.05) is 18.5 Å². The number of amides is 1. The molecule has 126 valence electrons. The number of benzene rings is 2. The Hall–Kier alpha value is -2.53. The summed E-state index contributed by atoms with van der Waals surface area (Å²) in [4.78, 5) is 23.6. The molecular formula is C18H19ClN2O3. The van der Waals surface area contributed by atoms with Crippen LogP contribution in [0.1, 0.15) is 23.7 Å². The van der Waals surface area contributed by atoms with Gasteiger partial charge in [0.1, 0.15) is 0 Å². The quantitative estimate of drug-likeness (QED) is 0.745. The Labute approximate surface area is 146 Å². The van der Waals surface area contributed by atoms with Crippen LogP contribution in [0.15, 0.2) is 48.5 Å². The van der Waals surface area contributed by atoms with Gasteiger partial charge in [-0.3, -0.25) is 4.79 Å². The first-order chi connectivity index (χ1) is 11.6. The molecule has 0 aliphatic carbocycles. The zero-order valence-corrected chi connectivity index (χ0v) is 14.1. The van der Waals surface area contributed by atoms with Gasteiger partial charge < -0.3 is 15.4 Å². The Balaban J connectivity index is 1.83. The molecule has 5 nitrogen and oxygen atoms in total. The van der Waals surface area contributed by atoms with Crippen LogP contribution in [0, 0.1) is 0 Å². The summed E-state index contributed by atoms with van der Waals surface area (Å²) in [7, 11) is 0. The maximum absolute atomic E-state index is 11.9. The van der Waals surface area contributed by atoms with Crippen LogP contribution in [0.2, 0.25) is 5.02 Å². The van der Waals surface area contributed by atoms with E-state index in [1.807, 2.05) is 6.92 Å². The van der Waals surface area contributed by atoms with Gasteiger partial charge in [-0.2, -0.15) is 0 Å². The van der Waals surface area contributed by atoms with Gasteiger partial charge in [-0.05, 0) is 55.0 Å². The van der Waals surface area contributed by atoms with E-state index >= 15 is 0 Å². The van der Waals surface area contributed by atoms with Crippen molar-refractivity contribution in [1.82, 2.24) is 0 Å². The molecule has 2 aromatic carbocycles. The van der Waals surface area contributed by atoms with Crippen LogP contribution in [0.3, 0.4) is 0 Å². The van der Waals surface area contributed by atoms with E-state index in [0.29, 0.717) is 22.9 Å². The second kappa shape index (κ2) is 8.93. The summed E-state index contributed by atoms with van der Waals surface area (Å²) < 4.78 is 5.05. The smallest absolute Gasteiger partial charge is 0.338 e. The first-order valence-corrected chi connectivity index (χ1v) is 8.02. The highest BCUT2D eigenvalue weighted by Gasteiger charge is 2.07. The van der Waals surface area contributed by atoms with Crippen LogP contribution in [-0.2, 0) is 9.53 Å². The number of halogens is 1. The van der Waals surface area contributed by atoms with Crippen molar-refractivity contribution < 1.29 is 14.3 Å². The maximum Gasteiger partial charge on any atom is 0.338 e. The molecular weight excluding hydrogens is 328 g/mol. The predicted octanol–water partition coefficient (Wildman–Crippen LogP) is 3.96. The highest BCUT2D eigenvalue weighted by molar-refractivity contribution is 6.30. The van der Waals surface area contributed by atoms with Gasteiger partial charge in [0, 0.05) is 16.4 Å². The fraction of sp³-hybridized carbons (Fsp3) is 0.222. The normalized spacial score (nSPS) is 10.1. The summed E-state index contributed by atoms with van der Waals surface area (Å²) in [6, 6.07) is 13.7. The van der Waals surface area contributed by atoms with Gasteiger partial charge in [0.25, 0.3) is 0 Å². The van der Waals surface area contributed by atoms with Crippen LogP contribution in [0.4, 0.5) is 11.4 Å². The van der Waals surface area contributed by atoms with Crippen LogP contribution in [0.5, 0.6) is 0 Å². The van der Waals surface area contributed by atoms with E-state index in [0.717, 1.165) is 12.1 Å². The number of rotatable bonds is 7. The fourth-order valence-corrected chi connectivity index (χ4v) is 2.05. The largest absolute Gasteiger partial charge is 0.462 e. The SMILES string of the molecule is CCCOC(=O)c1ccc(NC(=O)CNc2ccc(Cl)cc2)cc1. The number of hydrogen-bond donors (Lipinski definition) is 2. The fourth-order valence-electron chi connectivity index (χ4n) is 1.92. The molecule has 24 heavy (non-hydrogen) atoms. The summed E-state index contributed by atoms with van der Waals surface area (Å²) in [5, 5.41) is 6.39. The monoisotopic (exact) mass is 346 g/mol. The molecule has 1 amide bonds. The van der Waals surface area contributed by atoms with E-state index in [-0.39, 0.29) is 18.4 Å². The zero-order chi connectivity index (χ0) is 17.4. The molecule has 2 aromatic rings. The van der Waals surface area contributed by atoms with Crippen LogP contribution in [-0.4, -0.2) is 25.0 Å². The van der Waals surface area contributed by atoms with E-state index in [2.05, 4.69) is 10.6 Å². The standard InChI is InChI=1S/C18H19ClN2O3/c1-2-11-24-18(23)13-3-7-16(8-4-13)21-17(22)12-20-15-9-5-14(19)6-10-15/h3-10,20H,2,11-12H2,1H3,(H,21,22). The molecule has 0 fully saturated rings. The van der Waals surface area contributed by atoms with Crippen LogP contribution in [0.25, 0.3) is 0 Å². The lowest BCUT2D eigenvalue weighted by molar-refractivity contribution is -0.114. The minimum absolute atomic E-state index is 0.127. The minimum Gasteiger partial charge on any atom is -0.462 e. The molecule has 0 aliphatic rings. The molecule has 0 saturated carbocycles. The van der Waals surface area contributed by atoms with Crippen molar-refractivity contribution in [1.29, 1.82) is 0 Å². The Morgan fingerprint density at radius 1 is 1.00 bits per heavy atom. The number of carbonyl (C=O) groups is 2. The van der Waals surface area contributed by atoms with Crippen molar-refractivity contribution in [2.45, 2.75) is 13.3 Å². The molecule has 0 heterocycles. The van der Waals surface area contributed by atoms with E-state index in [1.54, 1.807) is 48.5 Å². The zero-order valence-electron chi connectivity index (χ0n) is 13.3. The van der Waals surface area contributed by atoms with Crippen molar-refractivity contribution in [3.8, 4) is 0 Å². The predicted molar refractivity (Wildman–Crippen MR) is 95.6 cm³/mol. The van der Waals surface area contributed by atoms with Gasteiger partial charge in [0.05, 0.1) is 18.7 Å². The molecule has 0 radical (unpaired) electrons. The molecule has 0 spiro atoms. The van der Waals surface area contributed by atoms with E-state index in [4.69, 9.17) is 16.3 Å². The molecule has 0 bridgehead atoms. The van der Waals surface area contributed by atoms with Gasteiger partial charge >= 0.3 is 5.97 Å². The second-order valence-corrected chi connectivity index (χ2v) is 5.56. The van der Waals surface area contributed by atoms with E-state index in [9.17, 15) is 9.59 Å². The third kappa shape index (κ3) is 5.59. The molecule has 0 unspecified atom stereocenters. The second-order valence-electron chi connectivity index (χ2n) is 5.12. The van der Waals surface area contributed by atoms with Crippen molar-refractivity contribution in [2.24, 2.45) is 0 Å². The number of ether oxygens (including phenoxy) is 1.